The summed E-state index contributed by atoms with van der Waals surface area (Å²) in [7, 11) is 0. The summed E-state index contributed by atoms with van der Waals surface area (Å²) < 4.78 is 5.78. The van der Waals surface area contributed by atoms with E-state index in [1.165, 1.54) is 21.3 Å². The first kappa shape index (κ1) is 11.1. The van der Waals surface area contributed by atoms with Crippen molar-refractivity contribution < 1.29 is 0 Å². The largest absolute Gasteiger partial charge is 0.314 e. The van der Waals surface area contributed by atoms with Crippen LogP contribution in [0.4, 0.5) is 0 Å². The van der Waals surface area contributed by atoms with Gasteiger partial charge < -0.3 is 5.32 Å². The van der Waals surface area contributed by atoms with Crippen LogP contribution in [0.3, 0.4) is 0 Å². The summed E-state index contributed by atoms with van der Waals surface area (Å²) in [6.07, 6.45) is 0. The summed E-state index contributed by atoms with van der Waals surface area (Å²) in [5.74, 6) is 0. The highest BCUT2D eigenvalue weighted by atomic mass is 32.1. The maximum atomic E-state index is 4.46. The molecule has 1 aliphatic rings. The zero-order valence-corrected chi connectivity index (χ0v) is 10.9. The number of piperazine rings is 1. The SMILES string of the molecule is Cc1nsc2cccc(CN3CCNCC3)c12. The number of hydrogen-bond donors (Lipinski definition) is 1. The number of hydrogen-bond acceptors (Lipinski definition) is 4. The van der Waals surface area contributed by atoms with E-state index in [1.54, 1.807) is 11.5 Å². The molecular formula is C13H17N3S. The molecule has 0 saturated carbocycles. The Hall–Kier alpha value is -0.970. The molecule has 1 aromatic carbocycles. The number of rotatable bonds is 2. The molecule has 1 saturated heterocycles. The minimum atomic E-state index is 1.05. The van der Waals surface area contributed by atoms with E-state index >= 15 is 0 Å². The summed E-state index contributed by atoms with van der Waals surface area (Å²) in [5.41, 5.74) is 2.60. The van der Waals surface area contributed by atoms with Gasteiger partial charge in [-0.1, -0.05) is 12.1 Å². The van der Waals surface area contributed by atoms with Gasteiger partial charge in [0.2, 0.25) is 0 Å². The number of nitrogens with zero attached hydrogens (tertiary/aromatic N) is 2. The van der Waals surface area contributed by atoms with Gasteiger partial charge in [0.05, 0.1) is 10.4 Å². The van der Waals surface area contributed by atoms with Gasteiger partial charge in [0.15, 0.2) is 0 Å². The molecule has 3 nitrogen and oxygen atoms in total. The molecule has 17 heavy (non-hydrogen) atoms. The van der Waals surface area contributed by atoms with E-state index in [2.05, 4.69) is 39.7 Å². The Morgan fingerprint density at radius 3 is 3.00 bits per heavy atom. The van der Waals surface area contributed by atoms with Crippen molar-refractivity contribution in [3.8, 4) is 0 Å². The normalized spacial score (nSPS) is 17.7. The zero-order chi connectivity index (χ0) is 11.7. The topological polar surface area (TPSA) is 28.2 Å². The molecule has 0 atom stereocenters. The highest BCUT2D eigenvalue weighted by molar-refractivity contribution is 7.13. The van der Waals surface area contributed by atoms with Gasteiger partial charge >= 0.3 is 0 Å². The average molecular weight is 247 g/mol. The summed E-state index contributed by atoms with van der Waals surface area (Å²) in [6.45, 7) is 7.67. The first-order chi connectivity index (χ1) is 8.34. The van der Waals surface area contributed by atoms with Crippen molar-refractivity contribution in [1.29, 1.82) is 0 Å². The standard InChI is InChI=1S/C13H17N3S/c1-10-13-11(3-2-4-12(13)17-15-10)9-16-7-5-14-6-8-16/h2-4,14H,5-9H2,1H3. The molecule has 1 fully saturated rings. The first-order valence-corrected chi connectivity index (χ1v) is 6.89. The van der Waals surface area contributed by atoms with Crippen molar-refractivity contribution in [1.82, 2.24) is 14.6 Å². The molecule has 90 valence electrons. The molecule has 0 spiro atoms. The van der Waals surface area contributed by atoms with E-state index in [0.717, 1.165) is 32.7 Å². The lowest BCUT2D eigenvalue weighted by Gasteiger charge is -2.27. The second kappa shape index (κ2) is 4.72. The summed E-state index contributed by atoms with van der Waals surface area (Å²) in [4.78, 5) is 2.52. The van der Waals surface area contributed by atoms with Gasteiger partial charge in [-0.3, -0.25) is 4.90 Å². The summed E-state index contributed by atoms with van der Waals surface area (Å²) in [6, 6.07) is 6.56. The lowest BCUT2D eigenvalue weighted by Crippen LogP contribution is -2.42. The van der Waals surface area contributed by atoms with Crippen molar-refractivity contribution in [3.63, 3.8) is 0 Å². The predicted molar refractivity (Wildman–Crippen MR) is 72.5 cm³/mol. The lowest BCUT2D eigenvalue weighted by molar-refractivity contribution is 0.234. The second-order valence-corrected chi connectivity index (χ2v) is 5.39. The van der Waals surface area contributed by atoms with Crippen LogP contribution in [0.5, 0.6) is 0 Å². The van der Waals surface area contributed by atoms with E-state index < -0.39 is 0 Å². The Bertz CT molecular complexity index is 514. The number of aromatic nitrogens is 1. The van der Waals surface area contributed by atoms with E-state index in [9.17, 15) is 0 Å². The fraction of sp³-hybridized carbons (Fsp3) is 0.462. The van der Waals surface area contributed by atoms with Crippen LogP contribution in [0.2, 0.25) is 0 Å². The molecule has 0 amide bonds. The highest BCUT2D eigenvalue weighted by Crippen LogP contribution is 2.26. The van der Waals surface area contributed by atoms with E-state index in [1.807, 2.05) is 0 Å². The van der Waals surface area contributed by atoms with Crippen LogP contribution in [0.1, 0.15) is 11.3 Å². The molecule has 4 heteroatoms. The number of benzene rings is 1. The third kappa shape index (κ3) is 2.20. The Morgan fingerprint density at radius 2 is 2.18 bits per heavy atom. The molecule has 1 aliphatic heterocycles. The molecule has 0 radical (unpaired) electrons. The second-order valence-electron chi connectivity index (χ2n) is 4.58. The fourth-order valence-electron chi connectivity index (χ4n) is 2.47. The fourth-order valence-corrected chi connectivity index (χ4v) is 3.30. The smallest absolute Gasteiger partial charge is 0.0593 e. The van der Waals surface area contributed by atoms with Gasteiger partial charge in [0.1, 0.15) is 0 Å². The molecule has 3 rings (SSSR count). The summed E-state index contributed by atoms with van der Waals surface area (Å²) >= 11 is 1.61. The Kier molecular flexibility index (Phi) is 3.09. The predicted octanol–water partition coefficient (Wildman–Crippen LogP) is 2.01. The van der Waals surface area contributed by atoms with E-state index in [-0.39, 0.29) is 0 Å². The Labute approximate surface area is 106 Å². The number of nitrogens with one attached hydrogen (secondary N) is 1. The van der Waals surface area contributed by atoms with Gasteiger partial charge in [-0.2, -0.15) is 4.37 Å². The third-order valence-corrected chi connectivity index (χ3v) is 4.26. The average Bonchev–Trinajstić information content (AvgIpc) is 2.74. The van der Waals surface area contributed by atoms with Crippen molar-refractivity contribution in [2.75, 3.05) is 26.2 Å². The Balaban J connectivity index is 1.91. The van der Waals surface area contributed by atoms with Crippen LogP contribution in [0.15, 0.2) is 18.2 Å². The van der Waals surface area contributed by atoms with Crippen molar-refractivity contribution in [2.45, 2.75) is 13.5 Å². The number of aryl methyl sites for hydroxylation is 1. The van der Waals surface area contributed by atoms with Crippen LogP contribution >= 0.6 is 11.5 Å². The zero-order valence-electron chi connectivity index (χ0n) is 10.1. The number of fused-ring (bicyclic) bond motifs is 1. The van der Waals surface area contributed by atoms with E-state index in [4.69, 9.17) is 0 Å². The van der Waals surface area contributed by atoms with Gasteiger partial charge in [0.25, 0.3) is 0 Å². The van der Waals surface area contributed by atoms with Crippen LogP contribution in [0.25, 0.3) is 10.1 Å². The summed E-state index contributed by atoms with van der Waals surface area (Å²) in [5, 5.41) is 4.76. The molecule has 0 unspecified atom stereocenters. The van der Waals surface area contributed by atoms with E-state index in [0.29, 0.717) is 0 Å². The maximum absolute atomic E-state index is 4.46. The molecular weight excluding hydrogens is 230 g/mol. The highest BCUT2D eigenvalue weighted by Gasteiger charge is 2.13. The van der Waals surface area contributed by atoms with Crippen LogP contribution in [-0.4, -0.2) is 35.5 Å². The van der Waals surface area contributed by atoms with Gasteiger partial charge in [-0.05, 0) is 30.1 Å². The lowest BCUT2D eigenvalue weighted by atomic mass is 10.1. The molecule has 0 bridgehead atoms. The van der Waals surface area contributed by atoms with Gasteiger partial charge in [-0.15, -0.1) is 0 Å². The van der Waals surface area contributed by atoms with Crippen LogP contribution in [-0.2, 0) is 6.54 Å². The first-order valence-electron chi connectivity index (χ1n) is 6.11. The molecule has 2 aromatic rings. The Morgan fingerprint density at radius 1 is 1.35 bits per heavy atom. The van der Waals surface area contributed by atoms with Crippen molar-refractivity contribution >= 4 is 21.6 Å². The third-order valence-electron chi connectivity index (χ3n) is 3.36. The monoisotopic (exact) mass is 247 g/mol. The van der Waals surface area contributed by atoms with Gasteiger partial charge in [-0.25, -0.2) is 0 Å². The van der Waals surface area contributed by atoms with Crippen LogP contribution in [0, 0.1) is 6.92 Å². The maximum Gasteiger partial charge on any atom is 0.0593 e. The molecule has 1 N–H and O–H groups in total. The van der Waals surface area contributed by atoms with Crippen LogP contribution < -0.4 is 5.32 Å². The molecule has 1 aromatic heterocycles. The van der Waals surface area contributed by atoms with Crippen molar-refractivity contribution in [3.05, 3.63) is 29.5 Å². The van der Waals surface area contributed by atoms with Crippen molar-refractivity contribution in [2.24, 2.45) is 0 Å². The quantitative estimate of drug-likeness (QED) is 0.880. The minimum Gasteiger partial charge on any atom is -0.314 e. The molecule has 0 aliphatic carbocycles. The molecule has 2 heterocycles. The van der Waals surface area contributed by atoms with Gasteiger partial charge in [0, 0.05) is 38.1 Å². The minimum absolute atomic E-state index is 1.05.